The van der Waals surface area contributed by atoms with Crippen LogP contribution in [-0.4, -0.2) is 46.3 Å². The summed E-state index contributed by atoms with van der Waals surface area (Å²) in [6.45, 7) is 6.42. The molecule has 0 bridgehead atoms. The Morgan fingerprint density at radius 3 is 1.50 bits per heavy atom. The molecule has 0 radical (unpaired) electrons. The number of benzene rings is 2. The molecular formula is C21H31NO4. The van der Waals surface area contributed by atoms with E-state index in [4.69, 9.17) is 15.3 Å². The Bertz CT molecular complexity index is 613. The number of carboxylic acids is 1. The molecule has 5 nitrogen and oxygen atoms in total. The average molecular weight is 361 g/mol. The summed E-state index contributed by atoms with van der Waals surface area (Å²) >= 11 is 0. The minimum Gasteiger partial charge on any atom is -0.508 e. The van der Waals surface area contributed by atoms with E-state index in [9.17, 15) is 4.79 Å². The first-order valence-electron chi connectivity index (χ1n) is 8.59. The van der Waals surface area contributed by atoms with Gasteiger partial charge in [-0.25, -0.2) is 0 Å². The van der Waals surface area contributed by atoms with Gasteiger partial charge in [-0.1, -0.05) is 31.2 Å². The van der Waals surface area contributed by atoms with Crippen molar-refractivity contribution in [2.75, 3.05) is 14.1 Å². The van der Waals surface area contributed by atoms with Crippen molar-refractivity contribution in [3.8, 4) is 11.5 Å². The SMILES string of the molecule is CC(C)N(C)C.CCc1ccc(O)cc1.O=C(O)Cc1ccc(O)cc1. The summed E-state index contributed by atoms with van der Waals surface area (Å²) in [5, 5.41) is 26.1. The molecule has 3 N–H and O–H groups in total. The largest absolute Gasteiger partial charge is 0.508 e. The Balaban J connectivity index is 0.000000378. The zero-order valence-corrected chi connectivity index (χ0v) is 16.3. The number of carbonyl (C=O) groups is 1. The van der Waals surface area contributed by atoms with Crippen LogP contribution in [0.1, 0.15) is 31.9 Å². The second-order valence-electron chi connectivity index (χ2n) is 6.31. The number of nitrogens with zero attached hydrogens (tertiary/aromatic N) is 1. The number of phenols is 2. The maximum absolute atomic E-state index is 10.2. The van der Waals surface area contributed by atoms with Crippen LogP contribution in [0, 0.1) is 0 Å². The molecule has 0 aliphatic heterocycles. The van der Waals surface area contributed by atoms with Gasteiger partial charge >= 0.3 is 5.97 Å². The van der Waals surface area contributed by atoms with Crippen LogP contribution in [-0.2, 0) is 17.6 Å². The molecule has 2 aromatic rings. The second-order valence-corrected chi connectivity index (χ2v) is 6.31. The zero-order valence-electron chi connectivity index (χ0n) is 16.3. The topological polar surface area (TPSA) is 81.0 Å². The molecule has 0 aliphatic carbocycles. The molecule has 144 valence electrons. The molecule has 0 aromatic heterocycles. The predicted octanol–water partition coefficient (Wildman–Crippen LogP) is 3.93. The van der Waals surface area contributed by atoms with Crippen LogP contribution in [0.5, 0.6) is 11.5 Å². The Morgan fingerprint density at radius 1 is 0.885 bits per heavy atom. The van der Waals surface area contributed by atoms with Gasteiger partial charge in [0.1, 0.15) is 11.5 Å². The first-order chi connectivity index (χ1) is 12.1. The van der Waals surface area contributed by atoms with E-state index >= 15 is 0 Å². The highest BCUT2D eigenvalue weighted by atomic mass is 16.4. The van der Waals surface area contributed by atoms with Crippen LogP contribution in [0.2, 0.25) is 0 Å². The summed E-state index contributed by atoms with van der Waals surface area (Å²) in [7, 11) is 4.15. The van der Waals surface area contributed by atoms with Crippen molar-refractivity contribution in [3.63, 3.8) is 0 Å². The molecule has 0 aliphatic rings. The van der Waals surface area contributed by atoms with Crippen molar-refractivity contribution in [2.45, 2.75) is 39.7 Å². The molecule has 0 saturated heterocycles. The molecule has 0 spiro atoms. The third-order valence-electron chi connectivity index (χ3n) is 3.67. The standard InChI is InChI=1S/C8H8O3.C8H10O.C5H13N/c9-7-3-1-6(2-4-7)5-8(10)11;1-2-7-3-5-8(9)6-4-7;1-5(2)6(3)4/h1-4,9H,5H2,(H,10,11);3-6,9H,2H2,1H3;5H,1-4H3. The Hall–Kier alpha value is -2.53. The van der Waals surface area contributed by atoms with Crippen LogP contribution in [0.3, 0.4) is 0 Å². The summed E-state index contributed by atoms with van der Waals surface area (Å²) in [4.78, 5) is 12.4. The summed E-state index contributed by atoms with van der Waals surface area (Å²) in [5.41, 5.74) is 1.95. The zero-order chi connectivity index (χ0) is 20.1. The Kier molecular flexibility index (Phi) is 11.5. The molecule has 0 unspecified atom stereocenters. The van der Waals surface area contributed by atoms with E-state index in [-0.39, 0.29) is 12.2 Å². The molecule has 0 fully saturated rings. The van der Waals surface area contributed by atoms with Crippen molar-refractivity contribution in [3.05, 3.63) is 59.7 Å². The lowest BCUT2D eigenvalue weighted by atomic mass is 10.1. The molecular weight excluding hydrogens is 330 g/mol. The number of aliphatic carboxylic acids is 1. The van der Waals surface area contributed by atoms with Gasteiger partial charge in [-0.05, 0) is 69.8 Å². The van der Waals surface area contributed by atoms with Crippen LogP contribution < -0.4 is 0 Å². The van der Waals surface area contributed by atoms with Gasteiger partial charge in [-0.15, -0.1) is 0 Å². The summed E-state index contributed by atoms with van der Waals surface area (Å²) in [6.07, 6.45) is 1.03. The molecule has 0 saturated carbocycles. The second kappa shape index (κ2) is 12.8. The van der Waals surface area contributed by atoms with Crippen LogP contribution in [0.15, 0.2) is 48.5 Å². The van der Waals surface area contributed by atoms with E-state index in [2.05, 4.69) is 39.8 Å². The summed E-state index contributed by atoms with van der Waals surface area (Å²) < 4.78 is 0. The monoisotopic (exact) mass is 361 g/mol. The molecule has 0 atom stereocenters. The highest BCUT2D eigenvalue weighted by molar-refractivity contribution is 5.70. The highest BCUT2D eigenvalue weighted by Gasteiger charge is 1.98. The van der Waals surface area contributed by atoms with Crippen molar-refractivity contribution in [2.24, 2.45) is 0 Å². The van der Waals surface area contributed by atoms with E-state index in [1.165, 1.54) is 17.7 Å². The Labute approximate surface area is 156 Å². The van der Waals surface area contributed by atoms with Gasteiger partial charge in [0.25, 0.3) is 0 Å². The number of aromatic hydroxyl groups is 2. The molecule has 5 heteroatoms. The number of rotatable bonds is 4. The quantitative estimate of drug-likeness (QED) is 0.769. The highest BCUT2D eigenvalue weighted by Crippen LogP contribution is 2.10. The van der Waals surface area contributed by atoms with E-state index in [0.717, 1.165) is 6.42 Å². The van der Waals surface area contributed by atoms with Gasteiger partial charge in [0.15, 0.2) is 0 Å². The van der Waals surface area contributed by atoms with Crippen LogP contribution in [0.4, 0.5) is 0 Å². The van der Waals surface area contributed by atoms with E-state index in [1.54, 1.807) is 24.3 Å². The molecule has 26 heavy (non-hydrogen) atoms. The molecule has 0 heterocycles. The van der Waals surface area contributed by atoms with Gasteiger partial charge in [0, 0.05) is 6.04 Å². The fourth-order valence-corrected chi connectivity index (χ4v) is 1.52. The van der Waals surface area contributed by atoms with Gasteiger partial charge in [0.05, 0.1) is 6.42 Å². The van der Waals surface area contributed by atoms with Crippen LogP contribution >= 0.6 is 0 Å². The molecule has 0 amide bonds. The van der Waals surface area contributed by atoms with Gasteiger partial charge in [-0.2, -0.15) is 0 Å². The fraction of sp³-hybridized carbons (Fsp3) is 0.381. The lowest BCUT2D eigenvalue weighted by Crippen LogP contribution is -2.20. The number of phenolic OH excluding ortho intramolecular Hbond substituents is 2. The van der Waals surface area contributed by atoms with Crippen molar-refractivity contribution < 1.29 is 20.1 Å². The van der Waals surface area contributed by atoms with E-state index in [0.29, 0.717) is 17.4 Å². The predicted molar refractivity (Wildman–Crippen MR) is 106 cm³/mol. The molecule has 2 rings (SSSR count). The van der Waals surface area contributed by atoms with Crippen molar-refractivity contribution >= 4 is 5.97 Å². The van der Waals surface area contributed by atoms with Gasteiger partial charge < -0.3 is 20.2 Å². The first kappa shape index (κ1) is 23.5. The number of aryl methyl sites for hydroxylation is 1. The van der Waals surface area contributed by atoms with Gasteiger partial charge in [-0.3, -0.25) is 4.79 Å². The van der Waals surface area contributed by atoms with Crippen molar-refractivity contribution in [1.29, 1.82) is 0 Å². The number of hydrogen-bond acceptors (Lipinski definition) is 4. The summed E-state index contributed by atoms with van der Waals surface area (Å²) in [5.74, 6) is -0.373. The third-order valence-corrected chi connectivity index (χ3v) is 3.67. The fourth-order valence-electron chi connectivity index (χ4n) is 1.52. The van der Waals surface area contributed by atoms with Gasteiger partial charge in [0.2, 0.25) is 0 Å². The van der Waals surface area contributed by atoms with Crippen molar-refractivity contribution in [1.82, 2.24) is 4.90 Å². The maximum Gasteiger partial charge on any atom is 0.307 e. The normalized spacial score (nSPS) is 9.81. The maximum atomic E-state index is 10.2. The number of carboxylic acid groups (broad SMARTS) is 1. The first-order valence-corrected chi connectivity index (χ1v) is 8.59. The average Bonchev–Trinajstić information content (AvgIpc) is 2.58. The minimum atomic E-state index is -0.865. The molecule has 2 aromatic carbocycles. The van der Waals surface area contributed by atoms with E-state index in [1.807, 2.05) is 12.1 Å². The van der Waals surface area contributed by atoms with Crippen LogP contribution in [0.25, 0.3) is 0 Å². The lowest BCUT2D eigenvalue weighted by Gasteiger charge is -2.12. The summed E-state index contributed by atoms with van der Waals surface area (Å²) in [6, 6.07) is 14.1. The Morgan fingerprint density at radius 2 is 1.23 bits per heavy atom. The lowest BCUT2D eigenvalue weighted by molar-refractivity contribution is -0.136. The van der Waals surface area contributed by atoms with E-state index < -0.39 is 5.97 Å². The minimum absolute atomic E-state index is 0.000278. The number of hydrogen-bond donors (Lipinski definition) is 3. The third kappa shape index (κ3) is 11.9. The smallest absolute Gasteiger partial charge is 0.307 e.